The number of nitrogen functional groups attached to an aromatic ring is 1. The first-order chi connectivity index (χ1) is 10.1. The Morgan fingerprint density at radius 3 is 2.67 bits per heavy atom. The molecular weight excluding hydrogens is 328 g/mol. The van der Waals surface area contributed by atoms with E-state index in [2.05, 4.69) is 38.0 Å². The normalized spacial score (nSPS) is 10.8. The van der Waals surface area contributed by atoms with Crippen LogP contribution >= 0.6 is 15.9 Å². The molecule has 0 bridgehead atoms. The summed E-state index contributed by atoms with van der Waals surface area (Å²) in [5.41, 5.74) is 9.18. The molecule has 2 heterocycles. The van der Waals surface area contributed by atoms with Crippen LogP contribution in [0.4, 0.5) is 5.82 Å². The van der Waals surface area contributed by atoms with Gasteiger partial charge in [-0.15, -0.1) is 0 Å². The molecule has 2 N–H and O–H groups in total. The number of aromatic nitrogens is 3. The first kappa shape index (κ1) is 13.8. The molecule has 0 aliphatic carbocycles. The molecular formula is C16H15BrN4. The quantitative estimate of drug-likeness (QED) is 0.790. The summed E-state index contributed by atoms with van der Waals surface area (Å²) in [6.07, 6.45) is 3.52. The minimum Gasteiger partial charge on any atom is -0.383 e. The second-order valence-corrected chi connectivity index (χ2v) is 5.77. The minimum atomic E-state index is 0.663. The number of benzene rings is 1. The van der Waals surface area contributed by atoms with Crippen molar-refractivity contribution in [2.45, 2.75) is 13.5 Å². The van der Waals surface area contributed by atoms with E-state index in [-0.39, 0.29) is 0 Å². The molecule has 0 fully saturated rings. The Hall–Kier alpha value is -2.14. The minimum absolute atomic E-state index is 0.663. The van der Waals surface area contributed by atoms with E-state index in [1.54, 1.807) is 12.4 Å². The molecule has 0 aliphatic heterocycles. The van der Waals surface area contributed by atoms with Gasteiger partial charge in [-0.25, -0.2) is 4.98 Å². The van der Waals surface area contributed by atoms with Gasteiger partial charge >= 0.3 is 0 Å². The summed E-state index contributed by atoms with van der Waals surface area (Å²) in [4.78, 5) is 8.77. The van der Waals surface area contributed by atoms with Gasteiger partial charge in [-0.3, -0.25) is 4.98 Å². The fourth-order valence-corrected chi connectivity index (χ4v) is 2.67. The highest BCUT2D eigenvalue weighted by molar-refractivity contribution is 9.10. The Labute approximate surface area is 131 Å². The first-order valence-electron chi connectivity index (χ1n) is 6.62. The van der Waals surface area contributed by atoms with Crippen molar-refractivity contribution in [3.8, 4) is 11.3 Å². The third-order valence-corrected chi connectivity index (χ3v) is 3.79. The Morgan fingerprint density at radius 1 is 1.19 bits per heavy atom. The van der Waals surface area contributed by atoms with Crippen LogP contribution in [0.5, 0.6) is 0 Å². The number of rotatable bonds is 3. The molecule has 4 nitrogen and oxygen atoms in total. The highest BCUT2D eigenvalue weighted by atomic mass is 79.9. The average Bonchev–Trinajstić information content (AvgIpc) is 2.76. The first-order valence-corrected chi connectivity index (χ1v) is 7.42. The smallest absolute Gasteiger partial charge is 0.132 e. The summed E-state index contributed by atoms with van der Waals surface area (Å²) in [7, 11) is 0. The molecule has 0 saturated heterocycles. The topological polar surface area (TPSA) is 56.7 Å². The van der Waals surface area contributed by atoms with Crippen molar-refractivity contribution in [3.63, 3.8) is 0 Å². The van der Waals surface area contributed by atoms with E-state index in [4.69, 9.17) is 5.73 Å². The largest absolute Gasteiger partial charge is 0.383 e. The van der Waals surface area contributed by atoms with E-state index in [1.165, 1.54) is 5.56 Å². The molecule has 5 heteroatoms. The predicted molar refractivity (Wildman–Crippen MR) is 87.9 cm³/mol. The van der Waals surface area contributed by atoms with Crippen LogP contribution in [0.3, 0.4) is 0 Å². The zero-order chi connectivity index (χ0) is 14.8. The van der Waals surface area contributed by atoms with Gasteiger partial charge < -0.3 is 10.3 Å². The van der Waals surface area contributed by atoms with E-state index in [1.807, 2.05) is 35.8 Å². The van der Waals surface area contributed by atoms with Crippen LogP contribution < -0.4 is 5.73 Å². The van der Waals surface area contributed by atoms with Crippen LogP contribution in [-0.4, -0.2) is 14.5 Å². The van der Waals surface area contributed by atoms with Crippen molar-refractivity contribution >= 4 is 21.7 Å². The van der Waals surface area contributed by atoms with E-state index in [0.717, 1.165) is 21.6 Å². The van der Waals surface area contributed by atoms with Crippen LogP contribution in [0.1, 0.15) is 11.4 Å². The maximum Gasteiger partial charge on any atom is 0.132 e. The van der Waals surface area contributed by atoms with Gasteiger partial charge in [0.15, 0.2) is 0 Å². The number of imidazole rings is 1. The molecule has 21 heavy (non-hydrogen) atoms. The fourth-order valence-electron chi connectivity index (χ4n) is 2.30. The highest BCUT2D eigenvalue weighted by Gasteiger charge is 2.14. The van der Waals surface area contributed by atoms with Crippen LogP contribution in [0.15, 0.2) is 53.3 Å². The maximum absolute atomic E-state index is 6.29. The van der Waals surface area contributed by atoms with Gasteiger partial charge in [-0.2, -0.15) is 0 Å². The summed E-state index contributed by atoms with van der Waals surface area (Å²) in [6.45, 7) is 2.68. The third-order valence-electron chi connectivity index (χ3n) is 3.36. The summed E-state index contributed by atoms with van der Waals surface area (Å²) in [6, 6.07) is 12.2. The zero-order valence-corrected chi connectivity index (χ0v) is 13.2. The molecule has 106 valence electrons. The lowest BCUT2D eigenvalue weighted by molar-refractivity contribution is 0.771. The van der Waals surface area contributed by atoms with Crippen LogP contribution in [0, 0.1) is 6.92 Å². The van der Waals surface area contributed by atoms with Gasteiger partial charge in [0, 0.05) is 22.4 Å². The molecule has 0 saturated carbocycles. The van der Waals surface area contributed by atoms with E-state index >= 15 is 0 Å². The van der Waals surface area contributed by atoms with Crippen molar-refractivity contribution in [1.29, 1.82) is 0 Å². The maximum atomic E-state index is 6.29. The summed E-state index contributed by atoms with van der Waals surface area (Å²) in [5, 5.41) is 0. The monoisotopic (exact) mass is 342 g/mol. The average molecular weight is 343 g/mol. The molecule has 2 aromatic heterocycles. The third kappa shape index (κ3) is 2.83. The van der Waals surface area contributed by atoms with E-state index in [0.29, 0.717) is 12.4 Å². The highest BCUT2D eigenvalue weighted by Crippen LogP contribution is 2.28. The SMILES string of the molecule is Cc1nc(-c2cncc(Br)c2)c(N)n1Cc1ccccc1. The molecule has 0 spiro atoms. The number of hydrogen-bond donors (Lipinski definition) is 1. The molecule has 3 aromatic rings. The molecule has 1 aromatic carbocycles. The van der Waals surface area contributed by atoms with Crippen molar-refractivity contribution in [2.75, 3.05) is 5.73 Å². The van der Waals surface area contributed by atoms with Gasteiger partial charge in [-0.05, 0) is 34.5 Å². The van der Waals surface area contributed by atoms with Gasteiger partial charge in [0.25, 0.3) is 0 Å². The van der Waals surface area contributed by atoms with Crippen molar-refractivity contribution in [2.24, 2.45) is 0 Å². The standard InChI is InChI=1S/C16H15BrN4/c1-11-20-15(13-7-14(17)9-19-8-13)16(18)21(11)10-12-5-3-2-4-6-12/h2-9H,10,18H2,1H3. The number of anilines is 1. The lowest BCUT2D eigenvalue weighted by Crippen LogP contribution is -2.06. The number of nitrogens with zero attached hydrogens (tertiary/aromatic N) is 3. The van der Waals surface area contributed by atoms with Crippen molar-refractivity contribution < 1.29 is 0 Å². The number of halogens is 1. The second-order valence-electron chi connectivity index (χ2n) is 4.86. The molecule has 0 unspecified atom stereocenters. The van der Waals surface area contributed by atoms with Gasteiger partial charge in [-0.1, -0.05) is 30.3 Å². The number of nitrogens with two attached hydrogens (primary N) is 1. The zero-order valence-electron chi connectivity index (χ0n) is 11.6. The molecule has 0 aliphatic rings. The van der Waals surface area contributed by atoms with Crippen molar-refractivity contribution in [1.82, 2.24) is 14.5 Å². The fraction of sp³-hybridized carbons (Fsp3) is 0.125. The van der Waals surface area contributed by atoms with Gasteiger partial charge in [0.2, 0.25) is 0 Å². The molecule has 0 atom stereocenters. The Kier molecular flexibility index (Phi) is 3.75. The molecule has 0 amide bonds. The Balaban J connectivity index is 2.01. The van der Waals surface area contributed by atoms with E-state index in [9.17, 15) is 0 Å². The number of aryl methyl sites for hydroxylation is 1. The number of pyridine rings is 1. The molecule has 3 rings (SSSR count). The lowest BCUT2D eigenvalue weighted by Gasteiger charge is -2.08. The predicted octanol–water partition coefficient (Wildman–Crippen LogP) is 3.65. The van der Waals surface area contributed by atoms with Crippen LogP contribution in [0.2, 0.25) is 0 Å². The van der Waals surface area contributed by atoms with E-state index < -0.39 is 0 Å². The molecule has 0 radical (unpaired) electrons. The van der Waals surface area contributed by atoms with Crippen molar-refractivity contribution in [3.05, 3.63) is 64.7 Å². The van der Waals surface area contributed by atoms with Gasteiger partial charge in [0.05, 0.1) is 6.54 Å². The Morgan fingerprint density at radius 2 is 1.95 bits per heavy atom. The van der Waals surface area contributed by atoms with Crippen LogP contribution in [0.25, 0.3) is 11.3 Å². The van der Waals surface area contributed by atoms with Gasteiger partial charge in [0.1, 0.15) is 17.3 Å². The summed E-state index contributed by atoms with van der Waals surface area (Å²) < 4.78 is 2.93. The van der Waals surface area contributed by atoms with Crippen LogP contribution in [-0.2, 0) is 6.54 Å². The Bertz CT molecular complexity index is 765. The number of hydrogen-bond acceptors (Lipinski definition) is 3. The summed E-state index contributed by atoms with van der Waals surface area (Å²) in [5.74, 6) is 1.56. The second kappa shape index (κ2) is 5.69. The lowest BCUT2D eigenvalue weighted by atomic mass is 10.2. The summed E-state index contributed by atoms with van der Waals surface area (Å²) >= 11 is 3.43.